The van der Waals surface area contributed by atoms with Crippen LogP contribution in [0.3, 0.4) is 0 Å². The Morgan fingerprint density at radius 1 is 0.691 bits per heavy atom. The van der Waals surface area contributed by atoms with Crippen LogP contribution in [-0.2, 0) is 30.4 Å². The van der Waals surface area contributed by atoms with Gasteiger partial charge < -0.3 is 14.9 Å². The first-order valence-corrected chi connectivity index (χ1v) is 28.9. The number of hydrogen-bond donors (Lipinski definition) is 1. The molecule has 0 radical (unpaired) electrons. The van der Waals surface area contributed by atoms with Gasteiger partial charge in [-0.05, 0) is 95.1 Å². The zero-order valence-corrected chi connectivity index (χ0v) is 44.0. The Labute approximate surface area is 421 Å². The van der Waals surface area contributed by atoms with Gasteiger partial charge in [0, 0.05) is 87.1 Å². The van der Waals surface area contributed by atoms with E-state index in [9.17, 15) is 33.6 Å². The van der Waals surface area contributed by atoms with Crippen LogP contribution in [0.15, 0.2) is 69.1 Å². The summed E-state index contributed by atoms with van der Waals surface area (Å²) in [7, 11) is 1.67. The molecule has 7 aliphatic carbocycles. The molecule has 2 heterocycles. The lowest BCUT2D eigenvalue weighted by Crippen LogP contribution is -2.40. The Bertz CT molecular complexity index is 2440. The van der Waals surface area contributed by atoms with Crippen molar-refractivity contribution in [1.82, 2.24) is 19.8 Å². The van der Waals surface area contributed by atoms with E-state index in [1.807, 2.05) is 6.26 Å². The molecule has 2 unspecified atom stereocenters. The molecule has 2 atom stereocenters. The molecule has 2 aromatic rings. The van der Waals surface area contributed by atoms with E-state index < -0.39 is 5.97 Å². The summed E-state index contributed by atoms with van der Waals surface area (Å²) >= 11 is 6.36. The van der Waals surface area contributed by atoms with Gasteiger partial charge >= 0.3 is 5.97 Å². The van der Waals surface area contributed by atoms with Crippen LogP contribution >= 0.6 is 58.0 Å². The lowest BCUT2D eigenvalue weighted by atomic mass is 9.61. The molecule has 2 fully saturated rings. The summed E-state index contributed by atoms with van der Waals surface area (Å²) in [4.78, 5) is 102. The first-order valence-electron chi connectivity index (χ1n) is 24.3. The first kappa shape index (κ1) is 52.2. The lowest BCUT2D eigenvalue weighted by molar-refractivity contribution is -0.136. The van der Waals surface area contributed by atoms with Crippen LogP contribution < -0.4 is 0 Å². The Kier molecular flexibility index (Phi) is 18.4. The largest absolute Gasteiger partial charge is 0.481 e. The maximum atomic E-state index is 13.6. The molecule has 2 amide bonds. The monoisotopic (exact) mass is 1020 g/mol. The second kappa shape index (κ2) is 24.0. The normalized spacial score (nSPS) is 21.7. The molecule has 4 bridgehead atoms. The second-order valence-electron chi connectivity index (χ2n) is 19.0. The van der Waals surface area contributed by atoms with Crippen molar-refractivity contribution in [2.24, 2.45) is 23.7 Å². The van der Waals surface area contributed by atoms with Gasteiger partial charge in [-0.15, -0.1) is 34.4 Å². The van der Waals surface area contributed by atoms with Crippen LogP contribution in [0.4, 0.5) is 9.59 Å². The predicted molar refractivity (Wildman–Crippen MR) is 272 cm³/mol. The van der Waals surface area contributed by atoms with E-state index in [1.54, 1.807) is 49.1 Å². The highest BCUT2D eigenvalue weighted by Crippen LogP contribution is 2.52. The van der Waals surface area contributed by atoms with Gasteiger partial charge in [0.25, 0.3) is 10.5 Å². The van der Waals surface area contributed by atoms with Crippen molar-refractivity contribution in [2.75, 3.05) is 32.9 Å². The summed E-state index contributed by atoms with van der Waals surface area (Å²) < 4.78 is 2.23. The van der Waals surface area contributed by atoms with Gasteiger partial charge in [-0.25, -0.2) is 9.97 Å². The van der Waals surface area contributed by atoms with Crippen molar-refractivity contribution in [3.63, 3.8) is 0 Å². The molecular weight excluding hydrogens is 957 g/mol. The number of aliphatic carboxylic acids is 1. The van der Waals surface area contributed by atoms with E-state index in [0.717, 1.165) is 114 Å². The van der Waals surface area contributed by atoms with Crippen LogP contribution in [0.1, 0.15) is 136 Å². The summed E-state index contributed by atoms with van der Waals surface area (Å²) in [6, 6.07) is 0. The first-order chi connectivity index (χ1) is 32.7. The highest BCUT2D eigenvalue weighted by Gasteiger charge is 2.49. The summed E-state index contributed by atoms with van der Waals surface area (Å²) in [6.07, 6.45) is 22.3. The maximum Gasteiger partial charge on any atom is 0.309 e. The number of hydrogen-bond acceptors (Lipinski definition) is 14. The summed E-state index contributed by atoms with van der Waals surface area (Å²) in [5.74, 6) is -0.123. The topological polar surface area (TPSA) is 172 Å². The SMILES string of the molecule is CCCCCCCCCCCCN(CC1=C(C)C(=O)C2=C(C1=O)C1CCC2C1)C(=O)Sc1nc(CC(=O)O)cs1.CSc1cnc(SC(=O)N(C)CC2=C(C)C(=O)C3=C(C2=O)C2CCC3CC2)s1. The fourth-order valence-corrected chi connectivity index (χ4v) is 14.9. The minimum Gasteiger partial charge on any atom is -0.481 e. The molecule has 0 saturated heterocycles. The molecule has 68 heavy (non-hydrogen) atoms. The summed E-state index contributed by atoms with van der Waals surface area (Å²) in [6.45, 7) is 6.50. The van der Waals surface area contributed by atoms with Crippen molar-refractivity contribution in [2.45, 2.75) is 149 Å². The number of thioether (sulfide) groups is 3. The fraction of sp³-hybridized carbons (Fsp3) is 0.588. The molecule has 9 rings (SSSR count). The smallest absolute Gasteiger partial charge is 0.309 e. The van der Waals surface area contributed by atoms with Crippen molar-refractivity contribution in [1.29, 1.82) is 0 Å². The average molecular weight is 1020 g/mol. The molecule has 1 N–H and O–H groups in total. The van der Waals surface area contributed by atoms with Gasteiger partial charge in [0.2, 0.25) is 0 Å². The van der Waals surface area contributed by atoms with Crippen LogP contribution in [-0.4, -0.2) is 97.4 Å². The summed E-state index contributed by atoms with van der Waals surface area (Å²) in [5, 5.41) is 10.3. The van der Waals surface area contributed by atoms with E-state index in [4.69, 9.17) is 5.11 Å². The third kappa shape index (κ3) is 12.1. The van der Waals surface area contributed by atoms with Crippen LogP contribution in [0.2, 0.25) is 0 Å². The van der Waals surface area contributed by atoms with Gasteiger partial charge in [0.1, 0.15) is 0 Å². The van der Waals surface area contributed by atoms with Crippen molar-refractivity contribution >= 4 is 97.5 Å². The molecule has 0 spiro atoms. The molecule has 7 aliphatic rings. The highest BCUT2D eigenvalue weighted by atomic mass is 32.2. The number of thiazole rings is 2. The molecule has 0 aliphatic heterocycles. The van der Waals surface area contributed by atoms with E-state index in [1.165, 1.54) is 72.5 Å². The second-order valence-corrected chi connectivity index (χ2v) is 24.3. The number of likely N-dealkylation sites (N-methyl/N-ethyl adjacent to an activating group) is 1. The number of carbonyl (C=O) groups excluding carboxylic acids is 6. The Hall–Kier alpha value is -3.64. The van der Waals surface area contributed by atoms with Crippen molar-refractivity contribution in [3.8, 4) is 0 Å². The number of carboxylic acids is 1. The standard InChI is InChI=1S/C31H42N2O5S2.C20H22N2O3S3/c1-3-4-5-6-7-8-9-10-11-12-15-33(31(38)40-30-32-23(19-39-30)17-25(34)35)18-24-20(2)28(36)26-21-13-14-22(16-21)27(26)29(24)37;1-10-13(9-22(2)20(25)28-19-21-8-14(26-3)27-19)18(24)16-12-6-4-11(5-7-12)15(16)17(10)23/h19,21-22H,3-18H2,1-2H3,(H,34,35);8,11-12H,4-7,9H2,1-3H3. The average Bonchev–Trinajstić information content (AvgIpc) is 4.17. The van der Waals surface area contributed by atoms with Crippen molar-refractivity contribution < 1.29 is 38.7 Å². The minimum absolute atomic E-state index is 0.00553. The highest BCUT2D eigenvalue weighted by molar-refractivity contribution is 8.15. The fourth-order valence-electron chi connectivity index (χ4n) is 10.8. The molecule has 0 aromatic carbocycles. The number of fused-ring (bicyclic) bond motifs is 6. The lowest BCUT2D eigenvalue weighted by Gasteiger charge is -2.41. The number of rotatable bonds is 20. The van der Waals surface area contributed by atoms with Crippen LogP contribution in [0.5, 0.6) is 0 Å². The number of ketones is 4. The molecule has 12 nitrogen and oxygen atoms in total. The maximum absolute atomic E-state index is 13.6. The van der Waals surface area contributed by atoms with E-state index in [0.29, 0.717) is 43.2 Å². The molecule has 2 aromatic heterocycles. The van der Waals surface area contributed by atoms with E-state index >= 15 is 0 Å². The number of carboxylic acid groups (broad SMARTS) is 1. The van der Waals surface area contributed by atoms with Gasteiger partial charge in [-0.3, -0.25) is 33.6 Å². The molecule has 2 saturated carbocycles. The van der Waals surface area contributed by atoms with E-state index in [2.05, 4.69) is 16.9 Å². The van der Waals surface area contributed by atoms with Gasteiger partial charge in [-0.1, -0.05) is 64.7 Å². The molecule has 17 heteroatoms. The Morgan fingerprint density at radius 3 is 1.75 bits per heavy atom. The van der Waals surface area contributed by atoms with Gasteiger partial charge in [-0.2, -0.15) is 0 Å². The Balaban J connectivity index is 0.000000214. The number of Topliss-reactive ketones (excluding diaryl/α,β-unsaturated/α-hetero) is 4. The predicted octanol–water partition coefficient (Wildman–Crippen LogP) is 12.0. The quantitative estimate of drug-likeness (QED) is 0.0755. The number of unbranched alkanes of at least 4 members (excludes halogenated alkanes) is 9. The zero-order chi connectivity index (χ0) is 48.6. The number of amides is 2. The number of nitrogens with zero attached hydrogens (tertiary/aromatic N) is 4. The van der Waals surface area contributed by atoms with E-state index in [-0.39, 0.29) is 76.8 Å². The number of allylic oxidation sites excluding steroid dienone is 6. The molecular formula is C51H64N4O8S5. The number of aromatic nitrogens is 2. The third-order valence-corrected chi connectivity index (χ3v) is 19.5. The number of carbonyl (C=O) groups is 7. The van der Waals surface area contributed by atoms with Crippen LogP contribution in [0, 0.1) is 23.7 Å². The third-order valence-electron chi connectivity index (χ3n) is 14.5. The van der Waals surface area contributed by atoms with Gasteiger partial charge in [0.05, 0.1) is 35.6 Å². The summed E-state index contributed by atoms with van der Waals surface area (Å²) in [5.41, 5.74) is 5.38. The van der Waals surface area contributed by atoms with Crippen LogP contribution in [0.25, 0.3) is 0 Å². The zero-order valence-electron chi connectivity index (χ0n) is 39.9. The molecule has 366 valence electrons. The van der Waals surface area contributed by atoms with Gasteiger partial charge in [0.15, 0.2) is 31.8 Å². The Morgan fingerprint density at radius 2 is 1.19 bits per heavy atom. The van der Waals surface area contributed by atoms with Crippen molar-refractivity contribution in [3.05, 3.63) is 61.9 Å². The minimum atomic E-state index is -0.965.